The minimum atomic E-state index is -1.03. The Bertz CT molecular complexity index is 762. The Morgan fingerprint density at radius 2 is 2.12 bits per heavy atom. The van der Waals surface area contributed by atoms with Crippen molar-refractivity contribution < 1.29 is 29.1 Å². The number of nitrogens with zero attached hydrogens (tertiary/aromatic N) is 1. The molecule has 10 heteroatoms. The quantitative estimate of drug-likeness (QED) is 0.437. The van der Waals surface area contributed by atoms with Gasteiger partial charge in [0.15, 0.2) is 0 Å². The summed E-state index contributed by atoms with van der Waals surface area (Å²) in [5.74, 6) is -2.85. The van der Waals surface area contributed by atoms with Gasteiger partial charge in [0.2, 0.25) is 0 Å². The number of urea groups is 1. The lowest BCUT2D eigenvalue weighted by Crippen LogP contribution is -2.51. The van der Waals surface area contributed by atoms with Gasteiger partial charge in [0.1, 0.15) is 11.7 Å². The van der Waals surface area contributed by atoms with Crippen molar-refractivity contribution in [2.24, 2.45) is 5.92 Å². The van der Waals surface area contributed by atoms with Gasteiger partial charge in [-0.05, 0) is 18.1 Å². The normalized spacial score (nSPS) is 19.3. The van der Waals surface area contributed by atoms with Crippen LogP contribution in [0, 0.1) is 16.0 Å². The first-order valence-corrected chi connectivity index (χ1v) is 7.76. The number of nitrogens with one attached hydrogen (secondary N) is 2. The Balaban J connectivity index is 2.52. The maximum atomic E-state index is 12.4. The summed E-state index contributed by atoms with van der Waals surface area (Å²) >= 11 is 0. The molecule has 0 unspecified atom stereocenters. The maximum Gasteiger partial charge on any atom is 0.319 e. The van der Waals surface area contributed by atoms with E-state index in [1.165, 1.54) is 13.2 Å². The van der Waals surface area contributed by atoms with Crippen LogP contribution >= 0.6 is 0 Å². The average Bonchev–Trinajstić information content (AvgIpc) is 2.58. The van der Waals surface area contributed by atoms with Crippen molar-refractivity contribution in [3.8, 4) is 11.5 Å². The lowest BCUT2D eigenvalue weighted by atomic mass is 9.88. The van der Waals surface area contributed by atoms with Crippen molar-refractivity contribution in [1.29, 1.82) is 0 Å². The highest BCUT2D eigenvalue weighted by Crippen LogP contribution is 2.39. The number of methoxy groups -OCH3 is 1. The van der Waals surface area contributed by atoms with Crippen molar-refractivity contribution in [3.05, 3.63) is 40.1 Å². The Labute approximate surface area is 148 Å². The highest BCUT2D eigenvalue weighted by atomic mass is 16.6. The predicted octanol–water partition coefficient (Wildman–Crippen LogP) is 1.11. The van der Waals surface area contributed by atoms with E-state index in [-0.39, 0.29) is 23.6 Å². The summed E-state index contributed by atoms with van der Waals surface area (Å²) in [7, 11) is 1.19. The van der Waals surface area contributed by atoms with Gasteiger partial charge >= 0.3 is 12.0 Å². The molecular weight excluding hydrogens is 346 g/mol. The number of amides is 2. The van der Waals surface area contributed by atoms with Gasteiger partial charge < -0.3 is 25.2 Å². The number of benzene rings is 1. The molecule has 2 N–H and O–H groups in total. The van der Waals surface area contributed by atoms with Crippen LogP contribution in [0.3, 0.4) is 0 Å². The van der Waals surface area contributed by atoms with Crippen LogP contribution in [0.1, 0.15) is 24.9 Å². The van der Waals surface area contributed by atoms with Crippen LogP contribution in [-0.4, -0.2) is 30.6 Å². The Hall–Kier alpha value is -3.30. The highest BCUT2D eigenvalue weighted by Gasteiger charge is 2.39. The summed E-state index contributed by atoms with van der Waals surface area (Å²) in [5.41, 5.74) is -0.478. The Morgan fingerprint density at radius 1 is 1.42 bits per heavy atom. The van der Waals surface area contributed by atoms with Gasteiger partial charge in [-0.1, -0.05) is 13.5 Å². The smallest absolute Gasteiger partial charge is 0.319 e. The number of carbonyl (C=O) groups is 2. The zero-order chi connectivity index (χ0) is 19.4. The van der Waals surface area contributed by atoms with Gasteiger partial charge in [0.25, 0.3) is 5.69 Å². The van der Waals surface area contributed by atoms with Crippen LogP contribution in [0.2, 0.25) is 0 Å². The predicted molar refractivity (Wildman–Crippen MR) is 87.4 cm³/mol. The minimum Gasteiger partial charge on any atom is -0.865 e. The molecule has 1 heterocycles. The Morgan fingerprint density at radius 3 is 2.69 bits per heavy atom. The molecule has 1 aliphatic heterocycles. The molecule has 2 amide bonds. The standard InChI is InChI=1S/C16H19N3O7/c1-4-5-26-15(21)12-8(2)17-16(22)18-13(12)9-6-10(19(23)24)14(20)11(7-9)25-3/h6-7,12-13,20H,2,4-5H2,1,3H3,(H2,17,18,22)/p-1/t12-,13-/m1/s1. The van der Waals surface area contributed by atoms with E-state index in [1.54, 1.807) is 0 Å². The summed E-state index contributed by atoms with van der Waals surface area (Å²) in [6.07, 6.45) is 0.597. The average molecular weight is 364 g/mol. The summed E-state index contributed by atoms with van der Waals surface area (Å²) in [4.78, 5) is 34.5. The van der Waals surface area contributed by atoms with Crippen LogP contribution in [-0.2, 0) is 9.53 Å². The third kappa shape index (κ3) is 3.68. The molecule has 0 spiro atoms. The third-order valence-corrected chi connectivity index (χ3v) is 3.81. The number of esters is 1. The minimum absolute atomic E-state index is 0.0904. The molecule has 1 saturated heterocycles. The zero-order valence-electron chi connectivity index (χ0n) is 14.2. The lowest BCUT2D eigenvalue weighted by molar-refractivity contribution is -0.398. The van der Waals surface area contributed by atoms with E-state index in [0.29, 0.717) is 6.42 Å². The van der Waals surface area contributed by atoms with Crippen molar-refractivity contribution >= 4 is 17.7 Å². The molecule has 1 aromatic carbocycles. The number of rotatable bonds is 6. The molecular formula is C16H18N3O7-. The molecule has 26 heavy (non-hydrogen) atoms. The molecule has 1 aliphatic rings. The topological polar surface area (TPSA) is 143 Å². The van der Waals surface area contributed by atoms with Crippen LogP contribution in [0.15, 0.2) is 24.4 Å². The molecule has 2 atom stereocenters. The van der Waals surface area contributed by atoms with E-state index in [0.717, 1.165) is 6.07 Å². The number of nitro benzene ring substituents is 1. The van der Waals surface area contributed by atoms with Gasteiger partial charge in [0, 0.05) is 17.5 Å². The van der Waals surface area contributed by atoms with Gasteiger partial charge in [0.05, 0.1) is 24.7 Å². The fraction of sp³-hybridized carbons (Fsp3) is 0.375. The van der Waals surface area contributed by atoms with Crippen molar-refractivity contribution in [1.82, 2.24) is 10.6 Å². The van der Waals surface area contributed by atoms with Gasteiger partial charge in [-0.25, -0.2) is 4.79 Å². The first kappa shape index (κ1) is 19.0. The van der Waals surface area contributed by atoms with Crippen molar-refractivity contribution in [2.45, 2.75) is 19.4 Å². The molecule has 0 radical (unpaired) electrons. The summed E-state index contributed by atoms with van der Waals surface area (Å²) in [6, 6.07) is 0.620. The van der Waals surface area contributed by atoms with Gasteiger partial charge in [-0.15, -0.1) is 0 Å². The molecule has 1 fully saturated rings. The second-order valence-electron chi connectivity index (χ2n) is 5.58. The second-order valence-corrected chi connectivity index (χ2v) is 5.58. The van der Waals surface area contributed by atoms with Crippen molar-refractivity contribution in [3.63, 3.8) is 0 Å². The first-order chi connectivity index (χ1) is 12.3. The van der Waals surface area contributed by atoms with Gasteiger partial charge in [-0.2, -0.15) is 0 Å². The molecule has 0 saturated carbocycles. The molecule has 1 aromatic rings. The van der Waals surface area contributed by atoms with Crippen LogP contribution in [0.4, 0.5) is 10.5 Å². The largest absolute Gasteiger partial charge is 0.865 e. The van der Waals surface area contributed by atoms with E-state index in [1.807, 2.05) is 6.92 Å². The van der Waals surface area contributed by atoms with Crippen molar-refractivity contribution in [2.75, 3.05) is 13.7 Å². The SMILES string of the molecule is C=C1NC(=O)N[C@H](c2cc(OC)c([O-])c([N+](=O)[O-])c2)[C@@H]1C(=O)OCCC. The lowest BCUT2D eigenvalue weighted by Gasteiger charge is -2.33. The van der Waals surface area contributed by atoms with Crippen LogP contribution in [0.5, 0.6) is 11.5 Å². The zero-order valence-corrected chi connectivity index (χ0v) is 14.2. The number of hydrogen-bond acceptors (Lipinski definition) is 7. The monoisotopic (exact) mass is 364 g/mol. The second kappa shape index (κ2) is 7.72. The highest BCUT2D eigenvalue weighted by molar-refractivity contribution is 5.85. The van der Waals surface area contributed by atoms with E-state index in [9.17, 15) is 24.8 Å². The van der Waals surface area contributed by atoms with Crippen LogP contribution in [0.25, 0.3) is 0 Å². The third-order valence-electron chi connectivity index (χ3n) is 3.81. The maximum absolute atomic E-state index is 12.4. The molecule has 0 bridgehead atoms. The molecule has 0 aliphatic carbocycles. The van der Waals surface area contributed by atoms with Crippen LogP contribution < -0.4 is 20.5 Å². The van der Waals surface area contributed by atoms with E-state index < -0.39 is 40.3 Å². The fourth-order valence-corrected chi connectivity index (χ4v) is 2.61. The number of hydrogen-bond donors (Lipinski definition) is 2. The van der Waals surface area contributed by atoms with Gasteiger partial charge in [-0.3, -0.25) is 14.9 Å². The molecule has 140 valence electrons. The molecule has 2 rings (SSSR count). The summed E-state index contributed by atoms with van der Waals surface area (Å²) < 4.78 is 10.0. The van der Waals surface area contributed by atoms with E-state index >= 15 is 0 Å². The summed E-state index contributed by atoms with van der Waals surface area (Å²) in [6.45, 7) is 5.66. The first-order valence-electron chi connectivity index (χ1n) is 7.76. The molecule has 10 nitrogen and oxygen atoms in total. The fourth-order valence-electron chi connectivity index (χ4n) is 2.61. The number of ether oxygens (including phenoxy) is 2. The van der Waals surface area contributed by atoms with E-state index in [2.05, 4.69) is 17.2 Å². The summed E-state index contributed by atoms with van der Waals surface area (Å²) in [5, 5.41) is 28.0. The Kier molecular flexibility index (Phi) is 5.65. The molecule has 0 aromatic heterocycles. The number of nitro groups is 1. The van der Waals surface area contributed by atoms with E-state index in [4.69, 9.17) is 9.47 Å². The number of carbonyl (C=O) groups excluding carboxylic acids is 2.